The molecular weight excluding hydrogens is 395 g/mol. The van der Waals surface area contributed by atoms with Crippen LogP contribution in [0, 0.1) is 17.6 Å². The molecule has 30 heavy (non-hydrogen) atoms. The summed E-state index contributed by atoms with van der Waals surface area (Å²) in [6.07, 6.45) is -0.158. The molecule has 0 amide bonds. The normalized spacial score (nSPS) is 19.1. The monoisotopic (exact) mass is 418 g/mol. The molecule has 0 radical (unpaired) electrons. The molecule has 0 aliphatic heterocycles. The first-order valence-electron chi connectivity index (χ1n) is 10.4. The molecule has 0 unspecified atom stereocenters. The molecule has 2 atom stereocenters. The summed E-state index contributed by atoms with van der Waals surface area (Å²) in [6, 6.07) is 11.9. The molecule has 158 valence electrons. The molecule has 1 aliphatic carbocycles. The topological polar surface area (TPSA) is 0 Å². The van der Waals surface area contributed by atoms with Gasteiger partial charge in [-0.2, -0.15) is 13.2 Å². The van der Waals surface area contributed by atoms with Gasteiger partial charge in [0.25, 0.3) is 0 Å². The lowest BCUT2D eigenvalue weighted by Crippen LogP contribution is -2.23. The summed E-state index contributed by atoms with van der Waals surface area (Å²) in [4.78, 5) is 0. The first-order chi connectivity index (χ1) is 14.3. The number of hydrogen-bond acceptors (Lipinski definition) is 0. The minimum Gasteiger partial charge on any atom is -0.207 e. The number of benzene rings is 3. The van der Waals surface area contributed by atoms with E-state index in [1.807, 2.05) is 12.1 Å². The van der Waals surface area contributed by atoms with Crippen LogP contribution in [-0.2, 0) is 12.6 Å². The maximum atomic E-state index is 14.4. The van der Waals surface area contributed by atoms with Crippen LogP contribution in [0.4, 0.5) is 22.0 Å². The summed E-state index contributed by atoms with van der Waals surface area (Å²) in [5, 5.41) is 1.76. The third-order valence-electron chi connectivity index (χ3n) is 6.29. The molecule has 0 N–H and O–H groups in total. The second-order valence-electron chi connectivity index (χ2n) is 8.15. The predicted molar refractivity (Wildman–Crippen MR) is 108 cm³/mol. The van der Waals surface area contributed by atoms with E-state index in [9.17, 15) is 22.0 Å². The van der Waals surface area contributed by atoms with Gasteiger partial charge in [-0.1, -0.05) is 44.0 Å². The molecule has 0 spiro atoms. The zero-order valence-corrected chi connectivity index (χ0v) is 16.7. The highest BCUT2D eigenvalue weighted by Crippen LogP contribution is 2.46. The highest BCUT2D eigenvalue weighted by atomic mass is 19.4. The van der Waals surface area contributed by atoms with Gasteiger partial charge in [0.1, 0.15) is 11.6 Å². The van der Waals surface area contributed by atoms with Crippen LogP contribution >= 0.6 is 0 Å². The number of unbranched alkanes of at least 4 members (excludes halogenated alkanes) is 1. The third kappa shape index (κ3) is 3.82. The van der Waals surface area contributed by atoms with Crippen LogP contribution in [-0.4, -0.2) is 0 Å². The zero-order valence-electron chi connectivity index (χ0n) is 16.7. The van der Waals surface area contributed by atoms with Crippen LogP contribution < -0.4 is 0 Å². The molecule has 0 nitrogen and oxygen atoms in total. The minimum atomic E-state index is -4.72. The fourth-order valence-corrected chi connectivity index (χ4v) is 4.88. The minimum absolute atomic E-state index is 0.204. The molecule has 3 aromatic carbocycles. The van der Waals surface area contributed by atoms with Gasteiger partial charge in [0.2, 0.25) is 0 Å². The Hall–Kier alpha value is -2.43. The maximum absolute atomic E-state index is 14.4. The third-order valence-corrected chi connectivity index (χ3v) is 6.29. The van der Waals surface area contributed by atoms with Crippen LogP contribution in [0.3, 0.4) is 0 Å². The molecule has 1 aliphatic rings. The fourth-order valence-electron chi connectivity index (χ4n) is 4.88. The molecule has 0 saturated carbocycles. The lowest BCUT2D eigenvalue weighted by atomic mass is 9.69. The average Bonchev–Trinajstić information content (AvgIpc) is 2.70. The van der Waals surface area contributed by atoms with E-state index >= 15 is 0 Å². The SMILES string of the molecule is CCCC[C@@H]1CCc2c(ccc3ccc(F)cc23)[C@H]1c1ccc(C(F)(F)F)c(F)c1. The van der Waals surface area contributed by atoms with Crippen molar-refractivity contribution >= 4 is 10.8 Å². The quantitative estimate of drug-likeness (QED) is 0.376. The first-order valence-corrected chi connectivity index (χ1v) is 10.4. The molecule has 0 aromatic heterocycles. The van der Waals surface area contributed by atoms with Crippen LogP contribution in [0.1, 0.15) is 60.8 Å². The van der Waals surface area contributed by atoms with Crippen molar-refractivity contribution in [1.29, 1.82) is 0 Å². The van der Waals surface area contributed by atoms with Crippen LogP contribution in [0.2, 0.25) is 0 Å². The summed E-state index contributed by atoms with van der Waals surface area (Å²) in [5.41, 5.74) is 1.30. The van der Waals surface area contributed by atoms with Gasteiger partial charge in [-0.25, -0.2) is 8.78 Å². The smallest absolute Gasteiger partial charge is 0.207 e. The van der Waals surface area contributed by atoms with Crippen molar-refractivity contribution in [1.82, 2.24) is 0 Å². The van der Waals surface area contributed by atoms with Crippen LogP contribution in [0.25, 0.3) is 10.8 Å². The largest absolute Gasteiger partial charge is 0.419 e. The molecule has 5 heteroatoms. The van der Waals surface area contributed by atoms with E-state index in [1.165, 1.54) is 18.2 Å². The Kier molecular flexibility index (Phi) is 5.56. The average molecular weight is 418 g/mol. The van der Waals surface area contributed by atoms with E-state index in [0.717, 1.165) is 66.1 Å². The number of alkyl halides is 3. The Morgan fingerprint density at radius 1 is 0.967 bits per heavy atom. The van der Waals surface area contributed by atoms with Crippen molar-refractivity contribution in [3.05, 3.63) is 82.4 Å². The van der Waals surface area contributed by atoms with Gasteiger partial charge in [0.05, 0.1) is 5.56 Å². The van der Waals surface area contributed by atoms with Crippen molar-refractivity contribution in [3.63, 3.8) is 0 Å². The fraction of sp³-hybridized carbons (Fsp3) is 0.360. The Morgan fingerprint density at radius 2 is 1.73 bits per heavy atom. The lowest BCUT2D eigenvalue weighted by Gasteiger charge is -2.35. The second-order valence-corrected chi connectivity index (χ2v) is 8.15. The molecule has 3 aromatic rings. The van der Waals surface area contributed by atoms with Gasteiger partial charge in [0.15, 0.2) is 0 Å². The Morgan fingerprint density at radius 3 is 2.43 bits per heavy atom. The molecule has 0 saturated heterocycles. The molecule has 0 bridgehead atoms. The number of halogens is 5. The number of aryl methyl sites for hydroxylation is 1. The predicted octanol–water partition coefficient (Wildman–Crippen LogP) is 8.02. The Balaban J connectivity index is 1.86. The summed E-state index contributed by atoms with van der Waals surface area (Å²) in [6.45, 7) is 2.10. The number of rotatable bonds is 4. The Bertz CT molecular complexity index is 1070. The van der Waals surface area contributed by atoms with Crippen LogP contribution in [0.15, 0.2) is 48.5 Å². The van der Waals surface area contributed by atoms with Crippen LogP contribution in [0.5, 0.6) is 0 Å². The molecule has 0 heterocycles. The number of fused-ring (bicyclic) bond motifs is 3. The van der Waals surface area contributed by atoms with Crippen molar-refractivity contribution in [2.45, 2.75) is 51.1 Å². The number of hydrogen-bond donors (Lipinski definition) is 0. The van der Waals surface area contributed by atoms with Gasteiger partial charge < -0.3 is 0 Å². The van der Waals surface area contributed by atoms with Crippen molar-refractivity contribution in [3.8, 4) is 0 Å². The van der Waals surface area contributed by atoms with E-state index in [-0.39, 0.29) is 17.7 Å². The van der Waals surface area contributed by atoms with Crippen molar-refractivity contribution in [2.75, 3.05) is 0 Å². The molecular formula is C25H23F5. The van der Waals surface area contributed by atoms with Gasteiger partial charge in [0, 0.05) is 5.92 Å². The van der Waals surface area contributed by atoms with Crippen molar-refractivity contribution < 1.29 is 22.0 Å². The zero-order chi connectivity index (χ0) is 21.5. The van der Waals surface area contributed by atoms with E-state index in [1.54, 1.807) is 6.07 Å². The Labute approximate surface area is 172 Å². The van der Waals surface area contributed by atoms with Gasteiger partial charge in [-0.3, -0.25) is 0 Å². The first kappa shape index (κ1) is 20.8. The standard InChI is InChI=1S/C25H23F5/c1-2-3-4-16-7-10-19-20(11-6-15-5-9-18(26)14-21(15)19)24(16)17-8-12-22(23(27)13-17)25(28,29)30/h5-6,8-9,11-14,16,24H,2-4,7,10H2,1H3/t16-,24-/m1/s1. The highest BCUT2D eigenvalue weighted by molar-refractivity contribution is 5.87. The van der Waals surface area contributed by atoms with E-state index < -0.39 is 17.6 Å². The van der Waals surface area contributed by atoms with E-state index in [2.05, 4.69) is 6.92 Å². The summed E-state index contributed by atoms with van der Waals surface area (Å²) in [5.74, 6) is -1.56. The van der Waals surface area contributed by atoms with Gasteiger partial charge >= 0.3 is 6.18 Å². The van der Waals surface area contributed by atoms with Gasteiger partial charge in [-0.15, -0.1) is 0 Å². The van der Waals surface area contributed by atoms with Crippen molar-refractivity contribution in [2.24, 2.45) is 5.92 Å². The lowest BCUT2D eigenvalue weighted by molar-refractivity contribution is -0.140. The summed E-state index contributed by atoms with van der Waals surface area (Å²) in [7, 11) is 0. The highest BCUT2D eigenvalue weighted by Gasteiger charge is 2.36. The second kappa shape index (κ2) is 8.01. The van der Waals surface area contributed by atoms with Gasteiger partial charge in [-0.05, 0) is 76.9 Å². The van der Waals surface area contributed by atoms with E-state index in [0.29, 0.717) is 5.56 Å². The van der Waals surface area contributed by atoms with E-state index in [4.69, 9.17) is 0 Å². The molecule has 0 fully saturated rings. The maximum Gasteiger partial charge on any atom is 0.419 e. The summed E-state index contributed by atoms with van der Waals surface area (Å²) < 4.78 is 67.4. The molecule has 4 rings (SSSR count). The summed E-state index contributed by atoms with van der Waals surface area (Å²) >= 11 is 0.